The standard InChI is InChI=1S/C16H20ClN3O/c1-4-19(5-2)16(21)12(3)20-15(14(17)11-18-20)13-9-7-6-8-10-13/h6-12H,4-5H2,1-3H3. The van der Waals surface area contributed by atoms with Crippen molar-refractivity contribution in [2.24, 2.45) is 0 Å². The van der Waals surface area contributed by atoms with Crippen LogP contribution in [0, 0.1) is 0 Å². The summed E-state index contributed by atoms with van der Waals surface area (Å²) in [5, 5.41) is 4.86. The van der Waals surface area contributed by atoms with Crippen LogP contribution in [0.5, 0.6) is 0 Å². The fraction of sp³-hybridized carbons (Fsp3) is 0.375. The molecule has 1 aromatic carbocycles. The average molecular weight is 306 g/mol. The highest BCUT2D eigenvalue weighted by Gasteiger charge is 2.24. The Morgan fingerprint density at radius 1 is 1.29 bits per heavy atom. The second-order valence-electron chi connectivity index (χ2n) is 4.84. The predicted octanol–water partition coefficient (Wildman–Crippen LogP) is 3.63. The lowest BCUT2D eigenvalue weighted by molar-refractivity contribution is -0.134. The maximum atomic E-state index is 12.5. The van der Waals surface area contributed by atoms with Gasteiger partial charge < -0.3 is 4.90 Å². The van der Waals surface area contributed by atoms with E-state index in [-0.39, 0.29) is 11.9 Å². The van der Waals surface area contributed by atoms with Gasteiger partial charge in [0.25, 0.3) is 0 Å². The van der Waals surface area contributed by atoms with E-state index in [0.717, 1.165) is 11.3 Å². The summed E-state index contributed by atoms with van der Waals surface area (Å²) in [7, 11) is 0. The summed E-state index contributed by atoms with van der Waals surface area (Å²) in [6, 6.07) is 9.39. The highest BCUT2D eigenvalue weighted by molar-refractivity contribution is 6.33. The Hall–Kier alpha value is -1.81. The van der Waals surface area contributed by atoms with E-state index in [0.29, 0.717) is 18.1 Å². The summed E-state index contributed by atoms with van der Waals surface area (Å²) in [6.07, 6.45) is 1.59. The van der Waals surface area contributed by atoms with Gasteiger partial charge in [-0.15, -0.1) is 0 Å². The van der Waals surface area contributed by atoms with Crippen molar-refractivity contribution in [1.29, 1.82) is 0 Å². The van der Waals surface area contributed by atoms with E-state index in [4.69, 9.17) is 11.6 Å². The minimum Gasteiger partial charge on any atom is -0.341 e. The Morgan fingerprint density at radius 2 is 1.90 bits per heavy atom. The first kappa shape index (κ1) is 15.6. The molecule has 0 fully saturated rings. The third kappa shape index (κ3) is 3.10. The van der Waals surface area contributed by atoms with E-state index in [9.17, 15) is 4.79 Å². The molecule has 0 saturated heterocycles. The SMILES string of the molecule is CCN(CC)C(=O)C(C)n1ncc(Cl)c1-c1ccccc1. The van der Waals surface area contributed by atoms with Gasteiger partial charge in [-0.2, -0.15) is 5.10 Å². The lowest BCUT2D eigenvalue weighted by Crippen LogP contribution is -2.36. The van der Waals surface area contributed by atoms with Crippen LogP contribution >= 0.6 is 11.6 Å². The molecule has 0 aliphatic rings. The fourth-order valence-electron chi connectivity index (χ4n) is 2.41. The molecule has 112 valence electrons. The molecule has 5 heteroatoms. The summed E-state index contributed by atoms with van der Waals surface area (Å²) < 4.78 is 1.71. The Balaban J connectivity index is 2.40. The number of benzene rings is 1. The number of likely N-dealkylation sites (N-methyl/N-ethyl adjacent to an activating group) is 1. The van der Waals surface area contributed by atoms with Crippen LogP contribution in [0.2, 0.25) is 5.02 Å². The van der Waals surface area contributed by atoms with Gasteiger partial charge in [0.05, 0.1) is 16.9 Å². The zero-order valence-electron chi connectivity index (χ0n) is 12.6. The molecule has 2 rings (SSSR count). The van der Waals surface area contributed by atoms with Gasteiger partial charge in [-0.3, -0.25) is 9.48 Å². The molecule has 1 amide bonds. The zero-order chi connectivity index (χ0) is 15.4. The zero-order valence-corrected chi connectivity index (χ0v) is 13.3. The number of rotatable bonds is 5. The first-order valence-corrected chi connectivity index (χ1v) is 7.55. The van der Waals surface area contributed by atoms with Crippen molar-refractivity contribution in [2.75, 3.05) is 13.1 Å². The number of nitrogens with zero attached hydrogens (tertiary/aromatic N) is 3. The van der Waals surface area contributed by atoms with E-state index in [1.165, 1.54) is 0 Å². The number of hydrogen-bond acceptors (Lipinski definition) is 2. The number of hydrogen-bond donors (Lipinski definition) is 0. The molecule has 0 N–H and O–H groups in total. The number of carbonyl (C=O) groups excluding carboxylic acids is 1. The molecule has 0 aliphatic heterocycles. The lowest BCUT2D eigenvalue weighted by Gasteiger charge is -2.24. The van der Waals surface area contributed by atoms with E-state index in [1.807, 2.05) is 51.1 Å². The quantitative estimate of drug-likeness (QED) is 0.846. The third-order valence-corrected chi connectivity index (χ3v) is 3.87. The van der Waals surface area contributed by atoms with Crippen molar-refractivity contribution in [3.63, 3.8) is 0 Å². The molecule has 2 aromatic rings. The van der Waals surface area contributed by atoms with Gasteiger partial charge in [0.1, 0.15) is 6.04 Å². The molecule has 1 atom stereocenters. The van der Waals surface area contributed by atoms with E-state index in [2.05, 4.69) is 5.10 Å². The Labute approximate surface area is 130 Å². The molecule has 0 bridgehead atoms. The van der Waals surface area contributed by atoms with Crippen LogP contribution in [0.25, 0.3) is 11.3 Å². The maximum absolute atomic E-state index is 12.5. The molecule has 21 heavy (non-hydrogen) atoms. The Kier molecular flexibility index (Phi) is 5.02. The van der Waals surface area contributed by atoms with Gasteiger partial charge in [0.15, 0.2) is 0 Å². The van der Waals surface area contributed by atoms with Gasteiger partial charge >= 0.3 is 0 Å². The molecule has 0 saturated carbocycles. The fourth-order valence-corrected chi connectivity index (χ4v) is 2.64. The van der Waals surface area contributed by atoms with Crippen molar-refractivity contribution in [2.45, 2.75) is 26.8 Å². The van der Waals surface area contributed by atoms with Crippen LogP contribution in [-0.2, 0) is 4.79 Å². The van der Waals surface area contributed by atoms with E-state index >= 15 is 0 Å². The van der Waals surface area contributed by atoms with Gasteiger partial charge in [-0.25, -0.2) is 0 Å². The minimum absolute atomic E-state index is 0.0527. The summed E-state index contributed by atoms with van der Waals surface area (Å²) in [5.74, 6) is 0.0527. The molecule has 1 aromatic heterocycles. The molecule has 1 unspecified atom stereocenters. The van der Waals surface area contributed by atoms with Crippen molar-refractivity contribution in [1.82, 2.24) is 14.7 Å². The van der Waals surface area contributed by atoms with E-state index < -0.39 is 0 Å². The number of aromatic nitrogens is 2. The van der Waals surface area contributed by atoms with Crippen LogP contribution in [0.4, 0.5) is 0 Å². The highest BCUT2D eigenvalue weighted by atomic mass is 35.5. The summed E-state index contributed by atoms with van der Waals surface area (Å²) >= 11 is 6.27. The largest absolute Gasteiger partial charge is 0.341 e. The van der Waals surface area contributed by atoms with Crippen LogP contribution < -0.4 is 0 Å². The smallest absolute Gasteiger partial charge is 0.247 e. The Bertz CT molecular complexity index is 605. The highest BCUT2D eigenvalue weighted by Crippen LogP contribution is 2.30. The third-order valence-electron chi connectivity index (χ3n) is 3.60. The average Bonchev–Trinajstić information content (AvgIpc) is 2.90. The second kappa shape index (κ2) is 6.76. The topological polar surface area (TPSA) is 38.1 Å². The minimum atomic E-state index is -0.382. The molecule has 0 radical (unpaired) electrons. The number of halogens is 1. The summed E-state index contributed by atoms with van der Waals surface area (Å²) in [6.45, 7) is 7.19. The first-order valence-electron chi connectivity index (χ1n) is 7.17. The van der Waals surface area contributed by atoms with Crippen LogP contribution in [0.15, 0.2) is 36.5 Å². The van der Waals surface area contributed by atoms with E-state index in [1.54, 1.807) is 15.8 Å². The van der Waals surface area contributed by atoms with Crippen molar-refractivity contribution >= 4 is 17.5 Å². The van der Waals surface area contributed by atoms with Crippen molar-refractivity contribution < 1.29 is 4.79 Å². The van der Waals surface area contributed by atoms with Gasteiger partial charge in [0.2, 0.25) is 5.91 Å². The molecule has 0 spiro atoms. The monoisotopic (exact) mass is 305 g/mol. The molecule has 0 aliphatic carbocycles. The van der Waals surface area contributed by atoms with Crippen LogP contribution in [0.1, 0.15) is 26.8 Å². The predicted molar refractivity (Wildman–Crippen MR) is 85.3 cm³/mol. The van der Waals surface area contributed by atoms with Crippen molar-refractivity contribution in [3.8, 4) is 11.3 Å². The second-order valence-corrected chi connectivity index (χ2v) is 5.25. The summed E-state index contributed by atoms with van der Waals surface area (Å²) in [4.78, 5) is 14.3. The van der Waals surface area contributed by atoms with Gasteiger partial charge in [-0.1, -0.05) is 41.9 Å². The maximum Gasteiger partial charge on any atom is 0.247 e. The lowest BCUT2D eigenvalue weighted by atomic mass is 10.1. The van der Waals surface area contributed by atoms with Gasteiger partial charge in [0, 0.05) is 18.7 Å². The molecule has 4 nitrogen and oxygen atoms in total. The Morgan fingerprint density at radius 3 is 2.48 bits per heavy atom. The summed E-state index contributed by atoms with van der Waals surface area (Å²) in [5.41, 5.74) is 1.74. The molecular formula is C16H20ClN3O. The number of amides is 1. The number of carbonyl (C=O) groups is 1. The first-order chi connectivity index (χ1) is 10.1. The molecule has 1 heterocycles. The normalized spacial score (nSPS) is 12.2. The van der Waals surface area contributed by atoms with Crippen LogP contribution in [-0.4, -0.2) is 33.7 Å². The van der Waals surface area contributed by atoms with Gasteiger partial charge in [-0.05, 0) is 20.8 Å². The van der Waals surface area contributed by atoms with Crippen molar-refractivity contribution in [3.05, 3.63) is 41.6 Å². The molecular weight excluding hydrogens is 286 g/mol. The van der Waals surface area contributed by atoms with Crippen LogP contribution in [0.3, 0.4) is 0 Å².